The van der Waals surface area contributed by atoms with Crippen molar-refractivity contribution in [3.63, 3.8) is 0 Å². The zero-order valence-corrected chi connectivity index (χ0v) is 23.0. The van der Waals surface area contributed by atoms with E-state index in [-0.39, 0.29) is 34.4 Å². The maximum atomic E-state index is 13.0. The molecule has 1 saturated carbocycles. The quantitative estimate of drug-likeness (QED) is 0.287. The lowest BCUT2D eigenvalue weighted by Gasteiger charge is -2.46. The Hall–Kier alpha value is -1.85. The fourth-order valence-electron chi connectivity index (χ4n) is 7.96. The molecule has 2 saturated heterocycles. The van der Waals surface area contributed by atoms with Crippen LogP contribution in [0, 0.1) is 17.3 Å². The van der Waals surface area contributed by atoms with Gasteiger partial charge in [-0.05, 0) is 102 Å². The zero-order valence-electron chi connectivity index (χ0n) is 23.0. The summed E-state index contributed by atoms with van der Waals surface area (Å²) in [7, 11) is 1.71. The van der Waals surface area contributed by atoms with Gasteiger partial charge < -0.3 is 19.5 Å². The van der Waals surface area contributed by atoms with Gasteiger partial charge in [0.1, 0.15) is 11.9 Å². The number of fused-ring (bicyclic) bond motifs is 2. The van der Waals surface area contributed by atoms with E-state index in [2.05, 4.69) is 57.3 Å². The number of hydrogen-bond acceptors (Lipinski definition) is 5. The molecule has 0 bridgehead atoms. The van der Waals surface area contributed by atoms with Crippen molar-refractivity contribution in [1.29, 1.82) is 0 Å². The minimum Gasteiger partial charge on any atom is -0.497 e. The molecule has 1 aromatic rings. The first-order valence-corrected chi connectivity index (χ1v) is 14.0. The summed E-state index contributed by atoms with van der Waals surface area (Å²) in [6, 6.07) is 8.58. The van der Waals surface area contributed by atoms with E-state index in [1.165, 1.54) is 24.8 Å². The fraction of sp³-hybridized carbons (Fsp3) is 0.710. The third kappa shape index (κ3) is 4.86. The molecule has 2 aliphatic carbocycles. The van der Waals surface area contributed by atoms with Gasteiger partial charge in [0.25, 0.3) is 0 Å². The van der Waals surface area contributed by atoms with E-state index in [1.807, 2.05) is 0 Å². The summed E-state index contributed by atoms with van der Waals surface area (Å²) in [6.45, 7) is 11.5. The van der Waals surface area contributed by atoms with Crippen LogP contribution in [0.25, 0.3) is 0 Å². The van der Waals surface area contributed by atoms with Gasteiger partial charge in [-0.3, -0.25) is 4.79 Å². The van der Waals surface area contributed by atoms with Crippen molar-refractivity contribution in [2.45, 2.75) is 96.2 Å². The van der Waals surface area contributed by atoms with E-state index in [0.717, 1.165) is 51.0 Å². The second-order valence-corrected chi connectivity index (χ2v) is 12.8. The number of carbonyl (C=O) groups excluding carboxylic acids is 1. The number of esters is 1. The van der Waals surface area contributed by atoms with Gasteiger partial charge in [0.2, 0.25) is 0 Å². The summed E-state index contributed by atoms with van der Waals surface area (Å²) in [6.07, 6.45) is 8.84. The molecule has 0 spiro atoms. The summed E-state index contributed by atoms with van der Waals surface area (Å²) in [4.78, 5) is 13.0. The van der Waals surface area contributed by atoms with Crippen molar-refractivity contribution in [1.82, 2.24) is 5.32 Å². The summed E-state index contributed by atoms with van der Waals surface area (Å²) < 4.78 is 17.5. The van der Waals surface area contributed by atoms with Gasteiger partial charge in [0.05, 0.1) is 18.6 Å². The van der Waals surface area contributed by atoms with Crippen molar-refractivity contribution >= 4 is 5.97 Å². The average molecular weight is 496 g/mol. The predicted octanol–water partition coefficient (Wildman–Crippen LogP) is 5.96. The highest BCUT2D eigenvalue weighted by atomic mass is 16.6. The number of rotatable bonds is 7. The van der Waals surface area contributed by atoms with Crippen LogP contribution in [0.3, 0.4) is 0 Å². The first-order chi connectivity index (χ1) is 17.1. The molecule has 4 aliphatic rings. The van der Waals surface area contributed by atoms with Crippen LogP contribution in [0.1, 0.15) is 84.6 Å². The Morgan fingerprint density at radius 3 is 2.64 bits per heavy atom. The average Bonchev–Trinajstić information content (AvgIpc) is 3.13. The first kappa shape index (κ1) is 25.8. The van der Waals surface area contributed by atoms with Crippen molar-refractivity contribution in [2.75, 3.05) is 26.8 Å². The van der Waals surface area contributed by atoms with E-state index >= 15 is 0 Å². The van der Waals surface area contributed by atoms with Gasteiger partial charge in [-0.1, -0.05) is 30.2 Å². The van der Waals surface area contributed by atoms with E-state index in [4.69, 9.17) is 14.2 Å². The largest absolute Gasteiger partial charge is 0.497 e. The third-order valence-electron chi connectivity index (χ3n) is 9.86. The van der Waals surface area contributed by atoms with Crippen molar-refractivity contribution < 1.29 is 19.0 Å². The van der Waals surface area contributed by atoms with Crippen molar-refractivity contribution in [3.05, 3.63) is 41.0 Å². The number of carbonyl (C=O) groups is 1. The molecule has 0 amide bonds. The smallest absolute Gasteiger partial charge is 0.310 e. The minimum atomic E-state index is -0.152. The van der Waals surface area contributed by atoms with Crippen LogP contribution in [0.4, 0.5) is 0 Å². The summed E-state index contributed by atoms with van der Waals surface area (Å²) >= 11 is 0. The topological polar surface area (TPSA) is 56.8 Å². The van der Waals surface area contributed by atoms with Gasteiger partial charge in [-0.2, -0.15) is 0 Å². The number of allylic oxidation sites excluding steroid dienone is 2. The zero-order chi connectivity index (χ0) is 25.6. The summed E-state index contributed by atoms with van der Waals surface area (Å²) in [5.74, 6) is 1.18. The molecular weight excluding hydrogens is 450 g/mol. The maximum absolute atomic E-state index is 13.0. The lowest BCUT2D eigenvalue weighted by molar-refractivity contribution is -0.145. The van der Waals surface area contributed by atoms with Crippen LogP contribution in [-0.2, 0) is 19.7 Å². The number of benzene rings is 1. The minimum absolute atomic E-state index is 0.00932. The molecule has 0 unspecified atom stereocenters. The van der Waals surface area contributed by atoms with E-state index < -0.39 is 0 Å². The third-order valence-corrected chi connectivity index (χ3v) is 9.86. The first-order valence-electron chi connectivity index (χ1n) is 14.0. The molecule has 2 heterocycles. The predicted molar refractivity (Wildman–Crippen MR) is 142 cm³/mol. The lowest BCUT2D eigenvalue weighted by atomic mass is 9.59. The maximum Gasteiger partial charge on any atom is 0.310 e. The number of hydrogen-bond donors (Lipinski definition) is 1. The van der Waals surface area contributed by atoms with Gasteiger partial charge in [-0.15, -0.1) is 0 Å². The Kier molecular flexibility index (Phi) is 7.01. The van der Waals surface area contributed by atoms with Crippen LogP contribution in [0.15, 0.2) is 35.4 Å². The van der Waals surface area contributed by atoms with Crippen LogP contribution in [-0.4, -0.2) is 44.5 Å². The van der Waals surface area contributed by atoms with Gasteiger partial charge in [-0.25, -0.2) is 0 Å². The second kappa shape index (κ2) is 9.79. The molecule has 5 rings (SSSR count). The standard InChI is InChI=1S/C31H45NO4/c1-21-7-6-12-30(4)18-27-24(17-26(21)30)25(28(33)36-27)19-32-15-13-31(14-16-35-29(2,3)20-31)22-8-10-23(34-5)11-9-22/h8-11,24-25,27,32H,6-7,12-20H2,1-5H3/t24-,25-,27-,30-,31-/m1/s1. The van der Waals surface area contributed by atoms with Gasteiger partial charge in [0.15, 0.2) is 0 Å². The highest BCUT2D eigenvalue weighted by molar-refractivity contribution is 5.76. The molecule has 0 radical (unpaired) electrons. The van der Waals surface area contributed by atoms with Crippen LogP contribution in [0.2, 0.25) is 0 Å². The molecule has 36 heavy (non-hydrogen) atoms. The molecule has 1 aromatic carbocycles. The summed E-state index contributed by atoms with van der Waals surface area (Å²) in [5, 5.41) is 3.69. The van der Waals surface area contributed by atoms with E-state index in [9.17, 15) is 4.79 Å². The number of ether oxygens (including phenoxy) is 3. The van der Waals surface area contributed by atoms with Crippen LogP contribution < -0.4 is 10.1 Å². The summed E-state index contributed by atoms with van der Waals surface area (Å²) in [5.41, 5.74) is 4.68. The Bertz CT molecular complexity index is 998. The normalized spacial score (nSPS) is 35.7. The molecule has 5 nitrogen and oxygen atoms in total. The molecular formula is C31H45NO4. The Morgan fingerprint density at radius 2 is 1.92 bits per heavy atom. The van der Waals surface area contributed by atoms with Crippen molar-refractivity contribution in [2.24, 2.45) is 17.3 Å². The Morgan fingerprint density at radius 1 is 1.14 bits per heavy atom. The molecule has 198 valence electrons. The monoisotopic (exact) mass is 495 g/mol. The van der Waals surface area contributed by atoms with Crippen LogP contribution >= 0.6 is 0 Å². The van der Waals surface area contributed by atoms with E-state index in [1.54, 1.807) is 18.3 Å². The fourth-order valence-corrected chi connectivity index (χ4v) is 7.96. The Labute approximate surface area is 217 Å². The van der Waals surface area contributed by atoms with E-state index in [0.29, 0.717) is 12.5 Å². The molecule has 5 atom stereocenters. The molecule has 1 N–H and O–H groups in total. The van der Waals surface area contributed by atoms with Gasteiger partial charge in [0, 0.05) is 24.5 Å². The molecule has 0 aromatic heterocycles. The highest BCUT2D eigenvalue weighted by Crippen LogP contribution is 2.55. The van der Waals surface area contributed by atoms with Crippen LogP contribution in [0.5, 0.6) is 5.75 Å². The molecule has 5 heteroatoms. The lowest BCUT2D eigenvalue weighted by Crippen LogP contribution is -2.46. The second-order valence-electron chi connectivity index (χ2n) is 12.8. The Balaban J connectivity index is 1.25. The molecule has 2 aliphatic heterocycles. The molecule has 3 fully saturated rings. The highest BCUT2D eigenvalue weighted by Gasteiger charge is 2.52. The SMILES string of the molecule is COc1ccc([C@]2(CCNC[C@H]3C(=O)O[C@@H]4C[C@@]5(C)CCCC(C)=C5C[C@@H]43)CCOC(C)(C)C2)cc1. The van der Waals surface area contributed by atoms with Gasteiger partial charge >= 0.3 is 5.97 Å². The number of nitrogens with one attached hydrogen (secondary N) is 1. The van der Waals surface area contributed by atoms with Crippen molar-refractivity contribution in [3.8, 4) is 5.75 Å². The number of methoxy groups -OCH3 is 1.